The topological polar surface area (TPSA) is 71.2 Å². The molecule has 0 saturated carbocycles. The molecule has 106 valence electrons. The monoisotopic (exact) mass is 290 g/mol. The number of nitrogens with two attached hydrogens (primary N) is 1. The summed E-state index contributed by atoms with van der Waals surface area (Å²) in [5.74, 6) is 5.74. The van der Waals surface area contributed by atoms with Crippen LogP contribution in [0.4, 0.5) is 5.82 Å². The third-order valence-corrected chi connectivity index (χ3v) is 3.83. The number of nitrogens with one attached hydrogen (secondary N) is 1. The first-order valence-electron chi connectivity index (χ1n) is 6.38. The van der Waals surface area contributed by atoms with Crippen LogP contribution in [0.3, 0.4) is 0 Å². The van der Waals surface area contributed by atoms with Gasteiger partial charge < -0.3 is 10.3 Å². The Labute approximate surface area is 122 Å². The van der Waals surface area contributed by atoms with Crippen molar-refractivity contribution in [2.45, 2.75) is 26.4 Å². The molecule has 0 radical (unpaired) electrons. The lowest BCUT2D eigenvalue weighted by Gasteiger charge is -2.26. The first-order valence-corrected chi connectivity index (χ1v) is 7.26. The zero-order valence-electron chi connectivity index (χ0n) is 11.5. The number of amides is 1. The Hall–Kier alpha value is -1.92. The Morgan fingerprint density at radius 2 is 2.25 bits per heavy atom. The van der Waals surface area contributed by atoms with Gasteiger partial charge >= 0.3 is 0 Å². The van der Waals surface area contributed by atoms with Gasteiger partial charge in [-0.3, -0.25) is 4.79 Å². The zero-order chi connectivity index (χ0) is 14.5. The predicted molar refractivity (Wildman–Crippen MR) is 81.4 cm³/mol. The van der Waals surface area contributed by atoms with E-state index in [0.717, 1.165) is 4.88 Å². The average Bonchev–Trinajstić information content (AvgIpc) is 2.96. The minimum absolute atomic E-state index is 0.0746. The normalized spacial score (nSPS) is 10.6. The minimum Gasteiger partial charge on any atom is -0.331 e. The third kappa shape index (κ3) is 3.15. The Morgan fingerprint density at radius 3 is 2.85 bits per heavy atom. The maximum atomic E-state index is 12.7. The van der Waals surface area contributed by atoms with E-state index in [9.17, 15) is 4.79 Å². The van der Waals surface area contributed by atoms with Crippen LogP contribution >= 0.6 is 11.3 Å². The lowest BCUT2D eigenvalue weighted by molar-refractivity contribution is 0.0693. The highest BCUT2D eigenvalue weighted by Gasteiger charge is 2.22. The average molecular weight is 290 g/mol. The number of carbonyl (C=O) groups is 1. The molecule has 2 aromatic heterocycles. The molecule has 20 heavy (non-hydrogen) atoms. The Bertz CT molecular complexity index is 568. The van der Waals surface area contributed by atoms with Gasteiger partial charge in [-0.1, -0.05) is 6.07 Å². The summed E-state index contributed by atoms with van der Waals surface area (Å²) in [6.07, 6.45) is 1.60. The number of hydrazine groups is 1. The SMILES string of the molecule is CC(C)N(Cc1cccs1)C(=O)c1cccnc1NN. The number of nitrogens with zero attached hydrogens (tertiary/aromatic N) is 2. The molecule has 2 aromatic rings. The van der Waals surface area contributed by atoms with Crippen molar-refractivity contribution < 1.29 is 4.79 Å². The number of anilines is 1. The Morgan fingerprint density at radius 1 is 1.45 bits per heavy atom. The molecule has 0 bridgehead atoms. The van der Waals surface area contributed by atoms with E-state index in [4.69, 9.17) is 5.84 Å². The van der Waals surface area contributed by atoms with Gasteiger partial charge in [-0.05, 0) is 37.4 Å². The Balaban J connectivity index is 2.27. The third-order valence-electron chi connectivity index (χ3n) is 2.97. The van der Waals surface area contributed by atoms with E-state index in [1.807, 2.05) is 36.3 Å². The van der Waals surface area contributed by atoms with Crippen LogP contribution in [0.15, 0.2) is 35.8 Å². The van der Waals surface area contributed by atoms with Gasteiger partial charge in [0.1, 0.15) is 0 Å². The van der Waals surface area contributed by atoms with Gasteiger partial charge in [0.05, 0.1) is 12.1 Å². The Kier molecular flexibility index (Phi) is 4.70. The summed E-state index contributed by atoms with van der Waals surface area (Å²) in [7, 11) is 0. The summed E-state index contributed by atoms with van der Waals surface area (Å²) in [4.78, 5) is 19.7. The van der Waals surface area contributed by atoms with E-state index in [1.54, 1.807) is 29.7 Å². The smallest absolute Gasteiger partial charge is 0.258 e. The highest BCUT2D eigenvalue weighted by Crippen LogP contribution is 2.19. The molecule has 2 rings (SSSR count). The summed E-state index contributed by atoms with van der Waals surface area (Å²) in [5, 5.41) is 2.01. The van der Waals surface area contributed by atoms with Crippen LogP contribution in [0.25, 0.3) is 0 Å². The van der Waals surface area contributed by atoms with Gasteiger partial charge in [-0.15, -0.1) is 11.3 Å². The van der Waals surface area contributed by atoms with Crippen LogP contribution in [-0.4, -0.2) is 21.8 Å². The largest absolute Gasteiger partial charge is 0.331 e. The van der Waals surface area contributed by atoms with E-state index >= 15 is 0 Å². The summed E-state index contributed by atoms with van der Waals surface area (Å²) in [6.45, 7) is 4.59. The quantitative estimate of drug-likeness (QED) is 0.655. The fraction of sp³-hybridized carbons (Fsp3) is 0.286. The molecule has 0 spiro atoms. The fourth-order valence-electron chi connectivity index (χ4n) is 1.91. The van der Waals surface area contributed by atoms with Crippen LogP contribution < -0.4 is 11.3 Å². The van der Waals surface area contributed by atoms with Crippen molar-refractivity contribution in [1.29, 1.82) is 0 Å². The van der Waals surface area contributed by atoms with Crippen molar-refractivity contribution in [3.8, 4) is 0 Å². The van der Waals surface area contributed by atoms with Crippen molar-refractivity contribution in [3.63, 3.8) is 0 Å². The molecule has 6 heteroatoms. The van der Waals surface area contributed by atoms with Crippen LogP contribution in [-0.2, 0) is 6.54 Å². The lowest BCUT2D eigenvalue weighted by atomic mass is 10.2. The van der Waals surface area contributed by atoms with Crippen molar-refractivity contribution in [1.82, 2.24) is 9.88 Å². The minimum atomic E-state index is -0.0746. The molecule has 0 fully saturated rings. The van der Waals surface area contributed by atoms with E-state index in [1.165, 1.54) is 0 Å². The predicted octanol–water partition coefficient (Wildman–Crippen LogP) is 2.48. The number of hydrogen-bond acceptors (Lipinski definition) is 5. The fourth-order valence-corrected chi connectivity index (χ4v) is 2.61. The number of rotatable bonds is 5. The molecule has 0 atom stereocenters. The second-order valence-corrected chi connectivity index (χ2v) is 5.68. The van der Waals surface area contributed by atoms with Crippen molar-refractivity contribution in [2.24, 2.45) is 5.84 Å². The van der Waals surface area contributed by atoms with E-state index in [2.05, 4.69) is 10.4 Å². The number of thiophene rings is 1. The van der Waals surface area contributed by atoms with Crippen molar-refractivity contribution >= 4 is 23.1 Å². The number of hydrogen-bond donors (Lipinski definition) is 2. The van der Waals surface area contributed by atoms with E-state index < -0.39 is 0 Å². The van der Waals surface area contributed by atoms with Gasteiger partial charge in [0.2, 0.25) is 0 Å². The van der Waals surface area contributed by atoms with Crippen LogP contribution in [0, 0.1) is 0 Å². The van der Waals surface area contributed by atoms with Gasteiger partial charge in [0.25, 0.3) is 5.91 Å². The number of pyridine rings is 1. The maximum absolute atomic E-state index is 12.7. The highest BCUT2D eigenvalue weighted by atomic mass is 32.1. The summed E-state index contributed by atoms with van der Waals surface area (Å²) >= 11 is 1.64. The van der Waals surface area contributed by atoms with Crippen LogP contribution in [0.1, 0.15) is 29.1 Å². The molecular weight excluding hydrogens is 272 g/mol. The molecule has 1 amide bonds. The second-order valence-electron chi connectivity index (χ2n) is 4.65. The van der Waals surface area contributed by atoms with Gasteiger partial charge in [0.15, 0.2) is 5.82 Å². The molecular formula is C14H18N4OS. The number of nitrogen functional groups attached to an aromatic ring is 1. The second kappa shape index (κ2) is 6.49. The van der Waals surface area contributed by atoms with Gasteiger partial charge in [-0.2, -0.15) is 0 Å². The summed E-state index contributed by atoms with van der Waals surface area (Å²) < 4.78 is 0. The van der Waals surface area contributed by atoms with Gasteiger partial charge in [-0.25, -0.2) is 10.8 Å². The van der Waals surface area contributed by atoms with Crippen LogP contribution in [0.2, 0.25) is 0 Å². The van der Waals surface area contributed by atoms with E-state index in [-0.39, 0.29) is 11.9 Å². The summed E-state index contributed by atoms with van der Waals surface area (Å²) in [5.41, 5.74) is 2.96. The number of aromatic nitrogens is 1. The number of carbonyl (C=O) groups excluding carboxylic acids is 1. The highest BCUT2D eigenvalue weighted by molar-refractivity contribution is 7.09. The van der Waals surface area contributed by atoms with E-state index in [0.29, 0.717) is 17.9 Å². The first kappa shape index (κ1) is 14.5. The molecule has 5 nitrogen and oxygen atoms in total. The lowest BCUT2D eigenvalue weighted by Crippen LogP contribution is -2.36. The molecule has 0 aromatic carbocycles. The molecule has 2 heterocycles. The standard InChI is InChI=1S/C14H18N4OS/c1-10(2)18(9-11-5-4-8-20-11)14(19)12-6-3-7-16-13(12)17-15/h3-8,10H,9,15H2,1-2H3,(H,16,17). The van der Waals surface area contributed by atoms with Crippen LogP contribution in [0.5, 0.6) is 0 Å². The molecule has 0 unspecified atom stereocenters. The van der Waals surface area contributed by atoms with Crippen molar-refractivity contribution in [2.75, 3.05) is 5.43 Å². The molecule has 0 aliphatic heterocycles. The maximum Gasteiger partial charge on any atom is 0.258 e. The summed E-state index contributed by atoms with van der Waals surface area (Å²) in [6, 6.07) is 7.57. The first-order chi connectivity index (χ1) is 9.63. The molecule has 0 aliphatic carbocycles. The molecule has 0 saturated heterocycles. The molecule has 0 aliphatic rings. The van der Waals surface area contributed by atoms with Crippen molar-refractivity contribution in [3.05, 3.63) is 46.3 Å². The zero-order valence-corrected chi connectivity index (χ0v) is 12.4. The molecule has 3 N–H and O–H groups in total. The van der Waals surface area contributed by atoms with Gasteiger partial charge in [0, 0.05) is 17.1 Å².